The molecule has 0 radical (unpaired) electrons. The molecule has 2 aromatic heterocycles. The van der Waals surface area contributed by atoms with Crippen LogP contribution in [-0.2, 0) is 33.5 Å². The summed E-state index contributed by atoms with van der Waals surface area (Å²) in [7, 11) is 1.55. The Balaban J connectivity index is 1.50. The Labute approximate surface area is 212 Å². The summed E-state index contributed by atoms with van der Waals surface area (Å²) < 4.78 is 53.6. The first kappa shape index (κ1) is 25.5. The average Bonchev–Trinajstić information content (AvgIpc) is 3.47. The molecule has 1 N–H and O–H groups in total. The molecule has 8 nitrogen and oxygen atoms in total. The Kier molecular flexibility index (Phi) is 6.39. The van der Waals surface area contributed by atoms with E-state index in [0.29, 0.717) is 56.3 Å². The van der Waals surface area contributed by atoms with Gasteiger partial charge in [0.2, 0.25) is 5.78 Å². The Morgan fingerprint density at radius 2 is 1.95 bits per heavy atom. The monoisotopic (exact) mass is 517 g/mol. The van der Waals surface area contributed by atoms with Gasteiger partial charge in [-0.2, -0.15) is 18.2 Å². The van der Waals surface area contributed by atoms with Gasteiger partial charge < -0.3 is 19.7 Å². The molecule has 0 bridgehead atoms. The van der Waals surface area contributed by atoms with Crippen molar-refractivity contribution in [2.24, 2.45) is 0 Å². The maximum Gasteiger partial charge on any atom is 0.416 e. The van der Waals surface area contributed by atoms with Crippen molar-refractivity contribution in [3.05, 3.63) is 58.0 Å². The molecule has 198 valence electrons. The third-order valence-electron chi connectivity index (χ3n) is 7.59. The molecule has 0 aliphatic carbocycles. The molecule has 37 heavy (non-hydrogen) atoms. The van der Waals surface area contributed by atoms with Gasteiger partial charge in [-0.3, -0.25) is 9.20 Å². The smallest absolute Gasteiger partial charge is 0.381 e. The standard InChI is InChI=1S/C26H30F3N5O3/c1-15-12-30-24-32-22(31-17(3)18-6-5-7-20(16(18)2)26(27,28)29)19-13-33(14-21(19)34(15)24)23(35)25(36-4)8-10-37-11-9-25/h5-7,12,17H,8-11,13-14H2,1-4H3,(H,30,31,32). The zero-order chi connectivity index (χ0) is 26.5. The van der Waals surface area contributed by atoms with Crippen molar-refractivity contribution in [1.29, 1.82) is 0 Å². The number of imidazole rings is 1. The van der Waals surface area contributed by atoms with Crippen LogP contribution in [0.5, 0.6) is 0 Å². The van der Waals surface area contributed by atoms with Crippen molar-refractivity contribution < 1.29 is 27.4 Å². The van der Waals surface area contributed by atoms with Crippen LogP contribution in [0.2, 0.25) is 0 Å². The number of hydrogen-bond donors (Lipinski definition) is 1. The van der Waals surface area contributed by atoms with E-state index in [1.54, 1.807) is 31.2 Å². The third kappa shape index (κ3) is 4.33. The first-order chi connectivity index (χ1) is 17.6. The minimum Gasteiger partial charge on any atom is -0.381 e. The summed E-state index contributed by atoms with van der Waals surface area (Å²) in [5.74, 6) is 0.868. The van der Waals surface area contributed by atoms with Gasteiger partial charge >= 0.3 is 6.18 Å². The van der Waals surface area contributed by atoms with E-state index < -0.39 is 23.4 Å². The van der Waals surface area contributed by atoms with Crippen LogP contribution in [0.4, 0.5) is 19.0 Å². The van der Waals surface area contributed by atoms with Crippen LogP contribution in [0.3, 0.4) is 0 Å². The number of aryl methyl sites for hydroxylation is 1. The van der Waals surface area contributed by atoms with Gasteiger partial charge in [0.05, 0.1) is 36.6 Å². The summed E-state index contributed by atoms with van der Waals surface area (Å²) in [4.78, 5) is 24.6. The quantitative estimate of drug-likeness (QED) is 0.534. The van der Waals surface area contributed by atoms with E-state index in [0.717, 1.165) is 23.0 Å². The van der Waals surface area contributed by atoms with E-state index in [1.165, 1.54) is 13.0 Å². The highest BCUT2D eigenvalue weighted by Gasteiger charge is 2.45. The van der Waals surface area contributed by atoms with Crippen LogP contribution in [0.15, 0.2) is 24.4 Å². The van der Waals surface area contributed by atoms with Crippen molar-refractivity contribution in [2.45, 2.75) is 64.5 Å². The molecule has 1 fully saturated rings. The lowest BCUT2D eigenvalue weighted by Crippen LogP contribution is -2.51. The van der Waals surface area contributed by atoms with Crippen LogP contribution in [0.25, 0.3) is 5.78 Å². The number of halogens is 3. The number of alkyl halides is 3. The number of rotatable bonds is 5. The number of hydrogen-bond acceptors (Lipinski definition) is 6. The number of carbonyl (C=O) groups excluding carboxylic acids is 1. The van der Waals surface area contributed by atoms with Gasteiger partial charge in [0.15, 0.2) is 5.60 Å². The Morgan fingerprint density at radius 1 is 1.22 bits per heavy atom. The second-order valence-electron chi connectivity index (χ2n) is 9.78. The topological polar surface area (TPSA) is 81.0 Å². The zero-order valence-corrected chi connectivity index (χ0v) is 21.3. The molecule has 1 saturated heterocycles. The molecule has 0 saturated carbocycles. The number of nitrogens with one attached hydrogen (secondary N) is 1. The van der Waals surface area contributed by atoms with Crippen molar-refractivity contribution >= 4 is 17.5 Å². The van der Waals surface area contributed by atoms with Crippen LogP contribution in [-0.4, -0.2) is 51.1 Å². The van der Waals surface area contributed by atoms with Gasteiger partial charge in [-0.05, 0) is 38.0 Å². The summed E-state index contributed by atoms with van der Waals surface area (Å²) in [6.07, 6.45) is -1.77. The van der Waals surface area contributed by atoms with E-state index in [-0.39, 0.29) is 11.5 Å². The number of fused-ring (bicyclic) bond motifs is 3. The molecule has 2 aliphatic heterocycles. The summed E-state index contributed by atoms with van der Waals surface area (Å²) in [6.45, 7) is 6.76. The fourth-order valence-electron chi connectivity index (χ4n) is 5.51. The Morgan fingerprint density at radius 3 is 2.62 bits per heavy atom. The second-order valence-corrected chi connectivity index (χ2v) is 9.78. The Bertz CT molecular complexity index is 1350. The lowest BCUT2D eigenvalue weighted by Gasteiger charge is -2.37. The van der Waals surface area contributed by atoms with Gasteiger partial charge in [-0.15, -0.1) is 0 Å². The van der Waals surface area contributed by atoms with Crippen LogP contribution < -0.4 is 5.32 Å². The van der Waals surface area contributed by atoms with Crippen LogP contribution in [0, 0.1) is 13.8 Å². The van der Waals surface area contributed by atoms with Gasteiger partial charge in [0.25, 0.3) is 5.91 Å². The summed E-state index contributed by atoms with van der Waals surface area (Å²) in [5.41, 5.74) is 1.67. The molecule has 11 heteroatoms. The first-order valence-corrected chi connectivity index (χ1v) is 12.3. The number of methoxy groups -OCH3 is 1. The maximum absolute atomic E-state index is 13.7. The maximum atomic E-state index is 13.7. The summed E-state index contributed by atoms with van der Waals surface area (Å²) in [5, 5.41) is 3.32. The predicted octanol–water partition coefficient (Wildman–Crippen LogP) is 4.58. The molecule has 1 aromatic carbocycles. The van der Waals surface area contributed by atoms with E-state index in [1.807, 2.05) is 11.3 Å². The number of amides is 1. The van der Waals surface area contributed by atoms with Gasteiger partial charge in [0, 0.05) is 44.4 Å². The number of anilines is 1. The summed E-state index contributed by atoms with van der Waals surface area (Å²) in [6, 6.07) is 3.72. The van der Waals surface area contributed by atoms with E-state index in [2.05, 4.69) is 10.3 Å². The molecule has 1 amide bonds. The zero-order valence-electron chi connectivity index (χ0n) is 21.3. The minimum absolute atomic E-state index is 0.104. The number of aromatic nitrogens is 3. The lowest BCUT2D eigenvalue weighted by atomic mass is 9.92. The second kappa shape index (κ2) is 9.29. The molecule has 2 aliphatic rings. The molecule has 0 spiro atoms. The van der Waals surface area contributed by atoms with Crippen molar-refractivity contribution in [2.75, 3.05) is 25.6 Å². The third-order valence-corrected chi connectivity index (χ3v) is 7.59. The number of benzene rings is 1. The van der Waals surface area contributed by atoms with E-state index >= 15 is 0 Å². The fourth-order valence-corrected chi connectivity index (χ4v) is 5.51. The molecule has 3 aromatic rings. The molecular weight excluding hydrogens is 487 g/mol. The normalized spacial score (nSPS) is 18.2. The summed E-state index contributed by atoms with van der Waals surface area (Å²) >= 11 is 0. The van der Waals surface area contributed by atoms with Crippen LogP contribution in [0.1, 0.15) is 59.4 Å². The molecule has 5 rings (SSSR count). The number of ether oxygens (including phenoxy) is 2. The largest absolute Gasteiger partial charge is 0.416 e. The predicted molar refractivity (Wildman–Crippen MR) is 130 cm³/mol. The SMILES string of the molecule is COC1(C(=O)N2Cc3c(NC(C)c4cccc(C(F)(F)F)c4C)nc4ncc(C)n4c3C2)CCOCC1. The highest BCUT2D eigenvalue weighted by Crippen LogP contribution is 2.38. The lowest BCUT2D eigenvalue weighted by molar-refractivity contribution is -0.167. The first-order valence-electron chi connectivity index (χ1n) is 12.3. The van der Waals surface area contributed by atoms with E-state index in [9.17, 15) is 18.0 Å². The molecule has 1 unspecified atom stereocenters. The van der Waals surface area contributed by atoms with Crippen molar-refractivity contribution in [3.63, 3.8) is 0 Å². The molecular formula is C26H30F3N5O3. The van der Waals surface area contributed by atoms with Gasteiger partial charge in [-0.1, -0.05) is 12.1 Å². The minimum atomic E-state index is -4.44. The molecule has 1 atom stereocenters. The van der Waals surface area contributed by atoms with Gasteiger partial charge in [0.1, 0.15) is 5.82 Å². The Hall–Kier alpha value is -3.18. The van der Waals surface area contributed by atoms with Crippen molar-refractivity contribution in [3.8, 4) is 0 Å². The number of carbonyl (C=O) groups is 1. The van der Waals surface area contributed by atoms with Gasteiger partial charge in [-0.25, -0.2) is 4.98 Å². The fraction of sp³-hybridized carbons (Fsp3) is 0.500. The van der Waals surface area contributed by atoms with Crippen molar-refractivity contribution in [1.82, 2.24) is 19.3 Å². The highest BCUT2D eigenvalue weighted by molar-refractivity contribution is 5.86. The molecule has 4 heterocycles. The number of nitrogens with zero attached hydrogens (tertiary/aromatic N) is 4. The van der Waals surface area contributed by atoms with E-state index in [4.69, 9.17) is 14.5 Å². The highest BCUT2D eigenvalue weighted by atomic mass is 19.4. The van der Waals surface area contributed by atoms with Crippen LogP contribution >= 0.6 is 0 Å². The average molecular weight is 518 g/mol.